The average Bonchev–Trinajstić information content (AvgIpc) is 2.87. The van der Waals surface area contributed by atoms with Gasteiger partial charge in [-0.15, -0.1) is 0 Å². The number of nitrogens with one attached hydrogen (secondary N) is 2. The van der Waals surface area contributed by atoms with Gasteiger partial charge in [0.05, 0.1) is 0 Å². The number of benzene rings is 1. The van der Waals surface area contributed by atoms with E-state index in [0.717, 1.165) is 25.1 Å². The van der Waals surface area contributed by atoms with E-state index in [-0.39, 0.29) is 26.9 Å². The number of carbonyl (C=O) groups is 1. The molecule has 38 heavy (non-hydrogen) atoms. The number of carbonyl (C=O) groups excluding carboxylic acids is 1. The van der Waals surface area contributed by atoms with E-state index in [1.807, 2.05) is 30.6 Å². The van der Waals surface area contributed by atoms with Crippen LogP contribution >= 0.6 is 11.8 Å². The Balaban J connectivity index is 1.78. The molecule has 0 radical (unpaired) electrons. The fourth-order valence-corrected chi connectivity index (χ4v) is 9.07. The van der Waals surface area contributed by atoms with E-state index in [4.69, 9.17) is 0 Å². The Hall–Kier alpha value is -1.19. The van der Waals surface area contributed by atoms with Crippen LogP contribution in [0.3, 0.4) is 0 Å². The Morgan fingerprint density at radius 1 is 1.21 bits per heavy atom. The van der Waals surface area contributed by atoms with Gasteiger partial charge in [0.15, 0.2) is 0 Å². The van der Waals surface area contributed by atoms with E-state index in [0.29, 0.717) is 27.3 Å². The van der Waals surface area contributed by atoms with E-state index in [9.17, 15) is 23.3 Å². The van der Waals surface area contributed by atoms with Crippen LogP contribution in [0.4, 0.5) is 10.1 Å². The average molecular weight is 687 g/mol. The number of hydrogen-bond acceptors (Lipinski definition) is 7. The molecule has 2 fully saturated rings. The second kappa shape index (κ2) is 14.4. The van der Waals surface area contributed by atoms with Gasteiger partial charge in [-0.25, -0.2) is 0 Å². The van der Waals surface area contributed by atoms with Gasteiger partial charge in [0.2, 0.25) is 0 Å². The minimum atomic E-state index is -4.36. The van der Waals surface area contributed by atoms with Crippen molar-refractivity contribution in [2.75, 3.05) is 31.7 Å². The maximum atomic E-state index is 15.0. The first kappa shape index (κ1) is 31.3. The molecule has 216 valence electrons. The molecule has 1 amide bonds. The molecule has 2 saturated carbocycles. The number of sulfonamides is 1. The standard InChI is InChI=1S/C25H40FIN4O5S2/c1-30(2)16-13-19(18-37-20-9-5-3-6-10-20)28-23-12-11-21(17-22(23)27-31(33)34)38(35,36)29-24(32)25(26)14-7-4-8-15-25/h11-12,17,19-20,28H,3-10,13-16,18H2,1-2H3,(H,29,32)(H,33,34)/t19-/m1/s1. The predicted molar refractivity (Wildman–Crippen MR) is 143 cm³/mol. The molecule has 13 heteroatoms. The summed E-state index contributed by atoms with van der Waals surface area (Å²) in [7, 11) is -0.347. The number of amides is 1. The van der Waals surface area contributed by atoms with Crippen molar-refractivity contribution in [3.8, 4) is 0 Å². The van der Waals surface area contributed by atoms with Gasteiger partial charge in [-0.1, -0.05) is 0 Å². The van der Waals surface area contributed by atoms with Crippen molar-refractivity contribution < 1.29 is 47.4 Å². The third kappa shape index (κ3) is 9.47. The van der Waals surface area contributed by atoms with E-state index in [1.54, 1.807) is 6.07 Å². The molecule has 2 aliphatic rings. The molecule has 0 aromatic heterocycles. The third-order valence-electron chi connectivity index (χ3n) is 7.06. The fourth-order valence-electron chi connectivity index (χ4n) is 4.85. The summed E-state index contributed by atoms with van der Waals surface area (Å²) in [5.74, 6) is -0.280. The zero-order valence-electron chi connectivity index (χ0n) is 22.1. The Morgan fingerprint density at radius 2 is 1.87 bits per heavy atom. The van der Waals surface area contributed by atoms with Crippen molar-refractivity contribution in [3.05, 3.63) is 26.7 Å². The van der Waals surface area contributed by atoms with Crippen molar-refractivity contribution in [3.63, 3.8) is 0 Å². The topological polar surface area (TPSA) is 119 Å². The summed E-state index contributed by atoms with van der Waals surface area (Å²) in [5, 5.41) is 13.6. The van der Waals surface area contributed by atoms with E-state index < -0.39 is 43.1 Å². The summed E-state index contributed by atoms with van der Waals surface area (Å²) in [6, 6.07) is 4.29. The van der Waals surface area contributed by atoms with Gasteiger partial charge in [-0.05, 0) is 0 Å². The van der Waals surface area contributed by atoms with Crippen LogP contribution in [0, 0.1) is 8.48 Å². The van der Waals surface area contributed by atoms with Crippen LogP contribution in [0.25, 0.3) is 0 Å². The molecule has 0 bridgehead atoms. The molecular formula is C25H40FIN4O5S2. The van der Waals surface area contributed by atoms with Crippen LogP contribution in [0.1, 0.15) is 70.6 Å². The molecule has 9 nitrogen and oxygen atoms in total. The first-order chi connectivity index (χ1) is 18.0. The molecule has 3 N–H and O–H groups in total. The predicted octanol–water partition coefficient (Wildman–Crippen LogP) is 1.30. The first-order valence-electron chi connectivity index (χ1n) is 13.2. The van der Waals surface area contributed by atoms with Crippen LogP contribution in [-0.4, -0.2) is 70.9 Å². The van der Waals surface area contributed by atoms with E-state index >= 15 is 4.39 Å². The molecule has 0 unspecified atom stereocenters. The van der Waals surface area contributed by atoms with Gasteiger partial charge in [0, 0.05) is 0 Å². The Bertz CT molecular complexity index is 1060. The van der Waals surface area contributed by atoms with Gasteiger partial charge in [0.25, 0.3) is 0 Å². The molecule has 1 aromatic carbocycles. The Kier molecular flexibility index (Phi) is 11.9. The second-order valence-electron chi connectivity index (χ2n) is 10.4. The summed E-state index contributed by atoms with van der Waals surface area (Å²) in [6.45, 7) is 0.852. The van der Waals surface area contributed by atoms with Gasteiger partial charge < -0.3 is 0 Å². The molecule has 0 aliphatic heterocycles. The van der Waals surface area contributed by atoms with Crippen LogP contribution in [0.2, 0.25) is 0 Å². The van der Waals surface area contributed by atoms with Crippen molar-refractivity contribution in [1.29, 1.82) is 0 Å². The van der Waals surface area contributed by atoms with Crippen LogP contribution < -0.4 is 31.5 Å². The summed E-state index contributed by atoms with van der Waals surface area (Å²) in [5.41, 5.74) is -1.62. The normalized spacial score (nSPS) is 19.3. The van der Waals surface area contributed by atoms with E-state index in [2.05, 4.69) is 10.2 Å². The molecule has 0 heterocycles. The number of thioether (sulfide) groups is 1. The number of anilines is 1. The summed E-state index contributed by atoms with van der Waals surface area (Å²) < 4.78 is 43.1. The SMILES string of the molecule is CN(C)CC[C@H](CSC1CCCCC1)Nc1ccc(S(=O)(=O)NC(=O)C2(F)CCCCC2)cc1[I-][N+](=O)O. The summed E-state index contributed by atoms with van der Waals surface area (Å²) in [4.78, 5) is 26.0. The molecule has 0 saturated heterocycles. The molecule has 1 aromatic rings. The number of hydrogen-bond donors (Lipinski definition) is 3. The summed E-state index contributed by atoms with van der Waals surface area (Å²) in [6.07, 6.45) is 8.96. The molecule has 1 atom stereocenters. The summed E-state index contributed by atoms with van der Waals surface area (Å²) >= 11 is 0.312. The van der Waals surface area contributed by atoms with Crippen LogP contribution in [0.5, 0.6) is 0 Å². The zero-order chi connectivity index (χ0) is 27.8. The van der Waals surface area contributed by atoms with Crippen molar-refractivity contribution in [1.82, 2.24) is 9.62 Å². The fraction of sp³-hybridized carbons (Fsp3) is 0.720. The van der Waals surface area contributed by atoms with Crippen LogP contribution in [0.15, 0.2) is 23.1 Å². The van der Waals surface area contributed by atoms with Gasteiger partial charge >= 0.3 is 241 Å². The van der Waals surface area contributed by atoms with E-state index in [1.165, 1.54) is 44.2 Å². The second-order valence-corrected chi connectivity index (χ2v) is 15.9. The number of rotatable bonds is 13. The Morgan fingerprint density at radius 3 is 2.50 bits per heavy atom. The zero-order valence-corrected chi connectivity index (χ0v) is 25.9. The van der Waals surface area contributed by atoms with Crippen molar-refractivity contribution in [2.45, 2.75) is 92.5 Å². The monoisotopic (exact) mass is 686 g/mol. The first-order valence-corrected chi connectivity index (χ1v) is 17.8. The van der Waals surface area contributed by atoms with Crippen molar-refractivity contribution >= 4 is 33.4 Å². The quantitative estimate of drug-likeness (QED) is 0.162. The minimum absolute atomic E-state index is 0.00318. The van der Waals surface area contributed by atoms with Crippen LogP contribution in [-0.2, 0) is 14.8 Å². The maximum absolute atomic E-state index is 15.0. The number of nitrogens with zero attached hydrogens (tertiary/aromatic N) is 2. The number of alkyl halides is 1. The van der Waals surface area contributed by atoms with Gasteiger partial charge in [-0.2, -0.15) is 0 Å². The number of halogens is 2. The molecule has 0 spiro atoms. The molecule has 3 rings (SSSR count). The van der Waals surface area contributed by atoms with Gasteiger partial charge in [-0.3, -0.25) is 0 Å². The molecule has 2 aliphatic carbocycles. The Labute approximate surface area is 240 Å². The van der Waals surface area contributed by atoms with Gasteiger partial charge in [0.1, 0.15) is 0 Å². The van der Waals surface area contributed by atoms with Crippen molar-refractivity contribution in [2.24, 2.45) is 0 Å². The third-order valence-corrected chi connectivity index (χ3v) is 11.8. The molecular weight excluding hydrogens is 646 g/mol.